The fourth-order valence-electron chi connectivity index (χ4n) is 2.44. The zero-order valence-electron chi connectivity index (χ0n) is 13.0. The quantitative estimate of drug-likeness (QED) is 0.665. The first-order valence-corrected chi connectivity index (χ1v) is 7.02. The van der Waals surface area contributed by atoms with Crippen LogP contribution < -0.4 is 10.2 Å². The summed E-state index contributed by atoms with van der Waals surface area (Å²) in [6.07, 6.45) is 1.27. The zero-order chi connectivity index (χ0) is 15.6. The molecule has 0 radical (unpaired) electrons. The second kappa shape index (κ2) is 5.80. The highest BCUT2D eigenvalue weighted by Crippen LogP contribution is 2.28. The highest BCUT2D eigenvalue weighted by atomic mass is 16.6. The Morgan fingerprint density at radius 1 is 1.29 bits per heavy atom. The zero-order valence-corrected chi connectivity index (χ0v) is 13.0. The highest BCUT2D eigenvalue weighted by molar-refractivity contribution is 5.59. The van der Waals surface area contributed by atoms with Gasteiger partial charge in [-0.2, -0.15) is 4.98 Å². The Morgan fingerprint density at radius 3 is 2.38 bits per heavy atom. The van der Waals surface area contributed by atoms with Gasteiger partial charge in [-0.1, -0.05) is 0 Å². The molecule has 2 heterocycles. The predicted octanol–water partition coefficient (Wildman–Crippen LogP) is 1.35. The van der Waals surface area contributed by atoms with E-state index in [9.17, 15) is 10.1 Å². The number of nitrogens with zero attached hydrogens (tertiary/aromatic N) is 5. The number of nitrogens with one attached hydrogen (secondary N) is 1. The third-order valence-electron chi connectivity index (χ3n) is 3.70. The van der Waals surface area contributed by atoms with Crippen molar-refractivity contribution in [3.8, 4) is 0 Å². The molecule has 2 rings (SSSR count). The van der Waals surface area contributed by atoms with Crippen LogP contribution in [0.4, 0.5) is 17.5 Å². The van der Waals surface area contributed by atoms with Gasteiger partial charge in [-0.3, -0.25) is 15.0 Å². The molecule has 1 aliphatic heterocycles. The third kappa shape index (κ3) is 3.38. The normalized spacial score (nSPS) is 16.9. The average molecular weight is 294 g/mol. The second-order valence-electron chi connectivity index (χ2n) is 6.05. The summed E-state index contributed by atoms with van der Waals surface area (Å²) in [6.45, 7) is 9.69. The molecule has 1 aromatic rings. The van der Waals surface area contributed by atoms with Gasteiger partial charge < -0.3 is 10.2 Å². The second-order valence-corrected chi connectivity index (χ2v) is 6.05. The molecule has 1 fully saturated rings. The van der Waals surface area contributed by atoms with E-state index in [-0.39, 0.29) is 11.2 Å². The largest absolute Gasteiger partial charge is 0.357 e. The average Bonchev–Trinajstić information content (AvgIpc) is 2.45. The van der Waals surface area contributed by atoms with E-state index in [2.05, 4.69) is 41.0 Å². The molecule has 0 bridgehead atoms. The van der Waals surface area contributed by atoms with E-state index in [1.54, 1.807) is 7.05 Å². The molecule has 1 aliphatic rings. The SMILES string of the molecule is CNc1ncc([N+](=O)[O-])c(N2CCN(C(C)(C)C)CC2)n1. The van der Waals surface area contributed by atoms with Gasteiger partial charge in [0.2, 0.25) is 11.8 Å². The van der Waals surface area contributed by atoms with Crippen molar-refractivity contribution in [1.29, 1.82) is 0 Å². The van der Waals surface area contributed by atoms with Gasteiger partial charge in [-0.15, -0.1) is 0 Å². The monoisotopic (exact) mass is 294 g/mol. The number of nitro groups is 1. The molecule has 0 aromatic carbocycles. The number of rotatable bonds is 3. The minimum Gasteiger partial charge on any atom is -0.357 e. The van der Waals surface area contributed by atoms with Crippen molar-refractivity contribution in [2.45, 2.75) is 26.3 Å². The van der Waals surface area contributed by atoms with E-state index in [0.717, 1.165) is 26.2 Å². The van der Waals surface area contributed by atoms with Crippen LogP contribution in [0.15, 0.2) is 6.20 Å². The molecule has 8 heteroatoms. The van der Waals surface area contributed by atoms with E-state index in [4.69, 9.17) is 0 Å². The van der Waals surface area contributed by atoms with Gasteiger partial charge in [0.05, 0.1) is 4.92 Å². The molecular formula is C13H22N6O2. The molecule has 0 amide bonds. The molecule has 1 N–H and O–H groups in total. The topological polar surface area (TPSA) is 87.4 Å². The van der Waals surface area contributed by atoms with Crippen LogP contribution >= 0.6 is 0 Å². The number of piperazine rings is 1. The van der Waals surface area contributed by atoms with Crippen molar-refractivity contribution in [2.75, 3.05) is 43.4 Å². The van der Waals surface area contributed by atoms with E-state index >= 15 is 0 Å². The Balaban J connectivity index is 2.21. The van der Waals surface area contributed by atoms with Crippen LogP contribution in [0.5, 0.6) is 0 Å². The lowest BCUT2D eigenvalue weighted by Crippen LogP contribution is -2.53. The van der Waals surface area contributed by atoms with Crippen molar-refractivity contribution in [1.82, 2.24) is 14.9 Å². The van der Waals surface area contributed by atoms with Crippen LogP contribution in [0.3, 0.4) is 0 Å². The van der Waals surface area contributed by atoms with Crippen molar-refractivity contribution >= 4 is 17.5 Å². The van der Waals surface area contributed by atoms with Crippen LogP contribution in [-0.4, -0.2) is 58.6 Å². The number of aromatic nitrogens is 2. The first kappa shape index (κ1) is 15.4. The lowest BCUT2D eigenvalue weighted by molar-refractivity contribution is -0.384. The standard InChI is InChI=1S/C13H22N6O2/c1-13(2,3)18-7-5-17(6-8-18)11-10(19(20)21)9-15-12(14-4)16-11/h9H,5-8H2,1-4H3,(H,14,15,16). The summed E-state index contributed by atoms with van der Waals surface area (Å²) in [5, 5.41) is 14.0. The summed E-state index contributed by atoms with van der Waals surface area (Å²) < 4.78 is 0. The van der Waals surface area contributed by atoms with Crippen molar-refractivity contribution in [3.05, 3.63) is 16.3 Å². The van der Waals surface area contributed by atoms with Gasteiger partial charge in [-0.25, -0.2) is 4.98 Å². The molecule has 1 aromatic heterocycles. The van der Waals surface area contributed by atoms with E-state index in [0.29, 0.717) is 11.8 Å². The molecule has 0 spiro atoms. The Kier molecular flexibility index (Phi) is 4.26. The van der Waals surface area contributed by atoms with Gasteiger partial charge in [0.25, 0.3) is 0 Å². The molecule has 116 valence electrons. The Morgan fingerprint density at radius 2 is 1.90 bits per heavy atom. The number of anilines is 2. The van der Waals surface area contributed by atoms with Gasteiger partial charge in [0.1, 0.15) is 6.20 Å². The Bertz CT molecular complexity index is 520. The summed E-state index contributed by atoms with van der Waals surface area (Å²) >= 11 is 0. The molecular weight excluding hydrogens is 272 g/mol. The molecule has 0 unspecified atom stereocenters. The first-order chi connectivity index (χ1) is 9.82. The minimum atomic E-state index is -0.426. The van der Waals surface area contributed by atoms with Crippen LogP contribution in [0.25, 0.3) is 0 Å². The van der Waals surface area contributed by atoms with E-state index in [1.165, 1.54) is 6.20 Å². The Labute approximate surface area is 124 Å². The van der Waals surface area contributed by atoms with Crippen LogP contribution in [0, 0.1) is 10.1 Å². The van der Waals surface area contributed by atoms with Crippen molar-refractivity contribution in [2.24, 2.45) is 0 Å². The number of hydrogen-bond donors (Lipinski definition) is 1. The predicted molar refractivity (Wildman–Crippen MR) is 81.8 cm³/mol. The number of hydrogen-bond acceptors (Lipinski definition) is 7. The van der Waals surface area contributed by atoms with Gasteiger partial charge in [0.15, 0.2) is 0 Å². The van der Waals surface area contributed by atoms with Crippen LogP contribution in [-0.2, 0) is 0 Å². The third-order valence-corrected chi connectivity index (χ3v) is 3.70. The maximum atomic E-state index is 11.2. The van der Waals surface area contributed by atoms with E-state index < -0.39 is 4.92 Å². The lowest BCUT2D eigenvalue weighted by Gasteiger charge is -2.42. The molecule has 0 aliphatic carbocycles. The maximum Gasteiger partial charge on any atom is 0.329 e. The molecule has 8 nitrogen and oxygen atoms in total. The molecule has 21 heavy (non-hydrogen) atoms. The maximum absolute atomic E-state index is 11.2. The summed E-state index contributed by atoms with van der Waals surface area (Å²) in [5.74, 6) is 0.793. The van der Waals surface area contributed by atoms with Crippen LogP contribution in [0.1, 0.15) is 20.8 Å². The minimum absolute atomic E-state index is 0.0433. The van der Waals surface area contributed by atoms with Gasteiger partial charge in [0, 0.05) is 38.8 Å². The fraction of sp³-hybridized carbons (Fsp3) is 0.692. The Hall–Kier alpha value is -1.96. The summed E-state index contributed by atoms with van der Waals surface area (Å²) in [5.41, 5.74) is 0.0676. The van der Waals surface area contributed by atoms with Crippen molar-refractivity contribution in [3.63, 3.8) is 0 Å². The van der Waals surface area contributed by atoms with E-state index in [1.807, 2.05) is 4.90 Å². The lowest BCUT2D eigenvalue weighted by atomic mass is 10.0. The molecule has 0 saturated carbocycles. The van der Waals surface area contributed by atoms with Gasteiger partial charge in [-0.05, 0) is 20.8 Å². The van der Waals surface area contributed by atoms with Crippen LogP contribution in [0.2, 0.25) is 0 Å². The summed E-state index contributed by atoms with van der Waals surface area (Å²) in [4.78, 5) is 23.3. The highest BCUT2D eigenvalue weighted by Gasteiger charge is 2.30. The summed E-state index contributed by atoms with van der Waals surface area (Å²) in [6, 6.07) is 0. The first-order valence-electron chi connectivity index (χ1n) is 7.02. The van der Waals surface area contributed by atoms with Gasteiger partial charge >= 0.3 is 5.69 Å². The smallest absolute Gasteiger partial charge is 0.329 e. The fourth-order valence-corrected chi connectivity index (χ4v) is 2.44. The summed E-state index contributed by atoms with van der Waals surface area (Å²) in [7, 11) is 1.70. The molecule has 1 saturated heterocycles. The molecule has 0 atom stereocenters. The van der Waals surface area contributed by atoms with Crippen molar-refractivity contribution < 1.29 is 4.92 Å².